The van der Waals surface area contributed by atoms with Crippen LogP contribution in [0.3, 0.4) is 0 Å². The van der Waals surface area contributed by atoms with Crippen molar-refractivity contribution < 1.29 is 17.9 Å². The highest BCUT2D eigenvalue weighted by Crippen LogP contribution is 2.49. The number of nitrogens with one attached hydrogen (secondary N) is 2. The third-order valence-corrected chi connectivity index (χ3v) is 8.34. The summed E-state index contributed by atoms with van der Waals surface area (Å²) in [7, 11) is -3.46. The highest BCUT2D eigenvalue weighted by Gasteiger charge is 2.45. The quantitative estimate of drug-likeness (QED) is 0.589. The topological polar surface area (TPSA) is 84.5 Å². The summed E-state index contributed by atoms with van der Waals surface area (Å²) in [6, 6.07) is 12.6. The van der Waals surface area contributed by atoms with E-state index >= 15 is 0 Å². The Kier molecular flexibility index (Phi) is 6.41. The van der Waals surface area contributed by atoms with Crippen LogP contribution < -0.4 is 14.8 Å². The Balaban J connectivity index is 1.45. The molecule has 1 unspecified atom stereocenters. The molecule has 1 aliphatic carbocycles. The van der Waals surface area contributed by atoms with Crippen molar-refractivity contribution in [1.82, 2.24) is 5.32 Å². The van der Waals surface area contributed by atoms with Crippen LogP contribution in [0.1, 0.15) is 63.1 Å². The molecule has 1 saturated carbocycles. The van der Waals surface area contributed by atoms with E-state index in [2.05, 4.69) is 10.0 Å². The van der Waals surface area contributed by atoms with Crippen LogP contribution in [-0.2, 0) is 21.2 Å². The third-order valence-electron chi connectivity index (χ3n) is 6.36. The molecule has 1 fully saturated rings. The first kappa shape index (κ1) is 22.9. The van der Waals surface area contributed by atoms with Crippen molar-refractivity contribution in [1.29, 1.82) is 0 Å². The number of aryl methyl sites for hydroxylation is 1. The highest BCUT2D eigenvalue weighted by atomic mass is 35.5. The van der Waals surface area contributed by atoms with E-state index in [1.807, 2.05) is 30.3 Å². The SMILES string of the molecule is CC(C)S(=O)(=O)Nc1ccccc1CCC(=O)NC1CC2(CCC2)Oc2ccc(Cl)cc21. The summed E-state index contributed by atoms with van der Waals surface area (Å²) >= 11 is 6.21. The van der Waals surface area contributed by atoms with Crippen LogP contribution in [0.25, 0.3) is 0 Å². The van der Waals surface area contributed by atoms with Crippen molar-refractivity contribution in [2.24, 2.45) is 0 Å². The van der Waals surface area contributed by atoms with Crippen LogP contribution >= 0.6 is 11.6 Å². The molecular formula is C24H29ClN2O4S. The first-order valence-electron chi connectivity index (χ1n) is 11.0. The molecule has 1 heterocycles. The molecule has 6 nitrogen and oxygen atoms in total. The van der Waals surface area contributed by atoms with Crippen molar-refractivity contribution in [2.75, 3.05) is 4.72 Å². The van der Waals surface area contributed by atoms with Gasteiger partial charge >= 0.3 is 0 Å². The standard InChI is InChI=1S/C24H29ClN2O4S/c1-16(2)32(29,30)27-20-7-4-3-6-17(20)8-11-23(28)26-21-15-24(12-5-13-24)31-22-10-9-18(25)14-19(21)22/h3-4,6-7,9-10,14,16,21,27H,5,8,11-13,15H2,1-2H3,(H,26,28). The van der Waals surface area contributed by atoms with Gasteiger partial charge in [-0.2, -0.15) is 0 Å². The van der Waals surface area contributed by atoms with E-state index in [4.69, 9.17) is 16.3 Å². The molecule has 2 aliphatic rings. The summed E-state index contributed by atoms with van der Waals surface area (Å²) in [4.78, 5) is 12.9. The Morgan fingerprint density at radius 2 is 1.97 bits per heavy atom. The Morgan fingerprint density at radius 1 is 1.22 bits per heavy atom. The minimum atomic E-state index is -3.46. The van der Waals surface area contributed by atoms with E-state index in [9.17, 15) is 13.2 Å². The van der Waals surface area contributed by atoms with Gasteiger partial charge in [0.2, 0.25) is 15.9 Å². The molecule has 172 valence electrons. The lowest BCUT2D eigenvalue weighted by Gasteiger charge is -2.48. The summed E-state index contributed by atoms with van der Waals surface area (Å²) in [6.07, 6.45) is 4.53. The fraction of sp³-hybridized carbons (Fsp3) is 0.458. The molecule has 0 aromatic heterocycles. The van der Waals surface area contributed by atoms with Gasteiger partial charge in [0.05, 0.1) is 17.0 Å². The number of benzene rings is 2. The van der Waals surface area contributed by atoms with Gasteiger partial charge in [-0.25, -0.2) is 8.42 Å². The van der Waals surface area contributed by atoms with Crippen molar-refractivity contribution in [3.63, 3.8) is 0 Å². The lowest BCUT2D eigenvalue weighted by Crippen LogP contribution is -2.49. The first-order chi connectivity index (χ1) is 15.2. The van der Waals surface area contributed by atoms with Gasteiger partial charge in [-0.15, -0.1) is 0 Å². The van der Waals surface area contributed by atoms with E-state index < -0.39 is 15.3 Å². The van der Waals surface area contributed by atoms with Crippen LogP contribution in [0, 0.1) is 0 Å². The van der Waals surface area contributed by atoms with Gasteiger partial charge in [-0.05, 0) is 69.4 Å². The number of rotatable bonds is 7. The predicted octanol–water partition coefficient (Wildman–Crippen LogP) is 4.99. The van der Waals surface area contributed by atoms with Crippen LogP contribution in [0.4, 0.5) is 5.69 Å². The third kappa shape index (κ3) is 4.89. The van der Waals surface area contributed by atoms with Gasteiger partial charge in [-0.3, -0.25) is 9.52 Å². The maximum Gasteiger partial charge on any atom is 0.235 e. The normalized spacial score (nSPS) is 19.1. The van der Waals surface area contributed by atoms with Gasteiger partial charge in [0.25, 0.3) is 0 Å². The first-order valence-corrected chi connectivity index (χ1v) is 13.0. The lowest BCUT2D eigenvalue weighted by molar-refractivity contribution is -0.123. The molecule has 32 heavy (non-hydrogen) atoms. The number of carbonyl (C=O) groups excluding carboxylic acids is 1. The van der Waals surface area contributed by atoms with E-state index in [1.54, 1.807) is 26.0 Å². The molecule has 0 bridgehead atoms. The van der Waals surface area contributed by atoms with E-state index in [-0.39, 0.29) is 24.0 Å². The predicted molar refractivity (Wildman–Crippen MR) is 127 cm³/mol. The number of anilines is 1. The fourth-order valence-corrected chi connectivity index (χ4v) is 5.19. The Hall–Kier alpha value is -2.25. The van der Waals surface area contributed by atoms with Crippen molar-refractivity contribution in [2.45, 2.75) is 69.3 Å². The molecule has 2 aromatic rings. The molecule has 1 spiro atoms. The number of fused-ring (bicyclic) bond motifs is 1. The summed E-state index contributed by atoms with van der Waals surface area (Å²) in [5.41, 5.74) is 2.03. The summed E-state index contributed by atoms with van der Waals surface area (Å²) < 4.78 is 33.5. The average molecular weight is 477 g/mol. The van der Waals surface area contributed by atoms with E-state index in [1.165, 1.54) is 0 Å². The Labute approximate surface area is 194 Å². The molecule has 2 N–H and O–H groups in total. The summed E-state index contributed by atoms with van der Waals surface area (Å²) in [6.45, 7) is 3.26. The zero-order valence-electron chi connectivity index (χ0n) is 18.4. The number of hydrogen-bond acceptors (Lipinski definition) is 4. The molecule has 8 heteroatoms. The van der Waals surface area contributed by atoms with Crippen molar-refractivity contribution >= 4 is 33.2 Å². The number of carbonyl (C=O) groups is 1. The second kappa shape index (κ2) is 8.94. The van der Waals surface area contributed by atoms with Crippen molar-refractivity contribution in [3.8, 4) is 5.75 Å². The molecule has 0 saturated heterocycles. The number of ether oxygens (including phenoxy) is 1. The highest BCUT2D eigenvalue weighted by molar-refractivity contribution is 7.93. The second-order valence-corrected chi connectivity index (χ2v) is 11.7. The smallest absolute Gasteiger partial charge is 0.235 e. The van der Waals surface area contributed by atoms with Gasteiger partial charge in [0.15, 0.2) is 0 Å². The molecule has 1 amide bonds. The average Bonchev–Trinajstić information content (AvgIpc) is 2.72. The van der Waals surface area contributed by atoms with E-state index in [0.29, 0.717) is 17.1 Å². The van der Waals surface area contributed by atoms with Crippen LogP contribution in [0.2, 0.25) is 5.02 Å². The summed E-state index contributed by atoms with van der Waals surface area (Å²) in [5, 5.41) is 3.24. The molecule has 2 aromatic carbocycles. The molecule has 0 radical (unpaired) electrons. The van der Waals surface area contributed by atoms with Crippen molar-refractivity contribution in [3.05, 3.63) is 58.6 Å². The molecule has 1 atom stereocenters. The van der Waals surface area contributed by atoms with Gasteiger partial charge in [0, 0.05) is 23.4 Å². The van der Waals surface area contributed by atoms with Gasteiger partial charge in [-0.1, -0.05) is 29.8 Å². The fourth-order valence-electron chi connectivity index (χ4n) is 4.27. The lowest BCUT2D eigenvalue weighted by atomic mass is 9.73. The van der Waals surface area contributed by atoms with Crippen LogP contribution in [-0.4, -0.2) is 25.2 Å². The largest absolute Gasteiger partial charge is 0.487 e. The van der Waals surface area contributed by atoms with Gasteiger partial charge < -0.3 is 10.1 Å². The molecular weight excluding hydrogens is 448 g/mol. The number of sulfonamides is 1. The zero-order valence-corrected chi connectivity index (χ0v) is 19.9. The number of para-hydroxylation sites is 1. The monoisotopic (exact) mass is 476 g/mol. The maximum absolute atomic E-state index is 12.9. The number of amides is 1. The van der Waals surface area contributed by atoms with Crippen LogP contribution in [0.5, 0.6) is 5.75 Å². The number of hydrogen-bond donors (Lipinski definition) is 2. The number of halogens is 1. The maximum atomic E-state index is 12.9. The van der Waals surface area contributed by atoms with E-state index in [0.717, 1.165) is 42.6 Å². The Bertz CT molecular complexity index is 1110. The minimum absolute atomic E-state index is 0.0844. The van der Waals surface area contributed by atoms with Crippen LogP contribution in [0.15, 0.2) is 42.5 Å². The molecule has 4 rings (SSSR count). The Morgan fingerprint density at radius 3 is 2.66 bits per heavy atom. The molecule has 1 aliphatic heterocycles. The second-order valence-electron chi connectivity index (χ2n) is 9.00. The summed E-state index contributed by atoms with van der Waals surface area (Å²) in [5.74, 6) is 0.706. The minimum Gasteiger partial charge on any atom is -0.487 e. The van der Waals surface area contributed by atoms with Gasteiger partial charge in [0.1, 0.15) is 11.4 Å². The zero-order chi connectivity index (χ0) is 22.9.